The standard InChI is InChI=1S/C14H8BrN3/c15-12-3-5-13(6-4-12)18-7-1-2-14(18)8-11(9-16)10-17/h1-8H. The van der Waals surface area contributed by atoms with E-state index in [4.69, 9.17) is 10.5 Å². The molecule has 0 amide bonds. The van der Waals surface area contributed by atoms with Gasteiger partial charge in [-0.15, -0.1) is 0 Å². The van der Waals surface area contributed by atoms with Crippen molar-refractivity contribution < 1.29 is 0 Å². The molecule has 0 bridgehead atoms. The molecular weight excluding hydrogens is 290 g/mol. The molecule has 1 aromatic carbocycles. The molecule has 2 aromatic rings. The van der Waals surface area contributed by atoms with Crippen LogP contribution in [-0.2, 0) is 0 Å². The van der Waals surface area contributed by atoms with Crippen LogP contribution in [0.15, 0.2) is 52.6 Å². The van der Waals surface area contributed by atoms with E-state index in [-0.39, 0.29) is 5.57 Å². The van der Waals surface area contributed by atoms with E-state index in [0.29, 0.717) is 0 Å². The Morgan fingerprint density at radius 3 is 2.39 bits per heavy atom. The Bertz CT molecular complexity index is 650. The lowest BCUT2D eigenvalue weighted by Crippen LogP contribution is -1.94. The Hall–Kier alpha value is -2.30. The highest BCUT2D eigenvalue weighted by atomic mass is 79.9. The van der Waals surface area contributed by atoms with E-state index in [2.05, 4.69) is 15.9 Å². The SMILES string of the molecule is N#CC(C#N)=Cc1cccn1-c1ccc(Br)cc1. The number of nitriles is 2. The normalized spacial score (nSPS) is 9.28. The van der Waals surface area contributed by atoms with E-state index in [0.717, 1.165) is 15.9 Å². The molecule has 0 aliphatic rings. The van der Waals surface area contributed by atoms with Gasteiger partial charge in [0.2, 0.25) is 0 Å². The van der Waals surface area contributed by atoms with E-state index in [1.807, 2.05) is 59.3 Å². The van der Waals surface area contributed by atoms with Crippen molar-refractivity contribution in [3.8, 4) is 17.8 Å². The van der Waals surface area contributed by atoms with Crippen LogP contribution >= 0.6 is 15.9 Å². The summed E-state index contributed by atoms with van der Waals surface area (Å²) in [5.41, 5.74) is 1.87. The molecule has 0 saturated heterocycles. The molecule has 1 heterocycles. The summed E-state index contributed by atoms with van der Waals surface area (Å²) in [6.45, 7) is 0. The molecule has 0 fully saturated rings. The van der Waals surface area contributed by atoms with Gasteiger partial charge in [-0.05, 0) is 42.5 Å². The predicted molar refractivity (Wildman–Crippen MR) is 72.7 cm³/mol. The summed E-state index contributed by atoms with van der Waals surface area (Å²) in [6.07, 6.45) is 3.46. The molecule has 86 valence electrons. The minimum Gasteiger partial charge on any atom is -0.317 e. The number of hydrogen-bond donors (Lipinski definition) is 0. The maximum Gasteiger partial charge on any atom is 0.131 e. The van der Waals surface area contributed by atoms with Gasteiger partial charge in [0.05, 0.1) is 0 Å². The highest BCUT2D eigenvalue weighted by molar-refractivity contribution is 9.10. The van der Waals surface area contributed by atoms with Crippen molar-refractivity contribution in [1.29, 1.82) is 10.5 Å². The highest BCUT2D eigenvalue weighted by Crippen LogP contribution is 2.18. The maximum absolute atomic E-state index is 8.77. The lowest BCUT2D eigenvalue weighted by Gasteiger charge is -2.06. The van der Waals surface area contributed by atoms with E-state index in [9.17, 15) is 0 Å². The molecule has 2 rings (SSSR count). The Morgan fingerprint density at radius 2 is 1.78 bits per heavy atom. The van der Waals surface area contributed by atoms with Crippen LogP contribution in [0.25, 0.3) is 11.8 Å². The fraction of sp³-hybridized carbons (Fsp3) is 0. The minimum atomic E-state index is 0.0899. The molecule has 18 heavy (non-hydrogen) atoms. The molecule has 0 spiro atoms. The summed E-state index contributed by atoms with van der Waals surface area (Å²) >= 11 is 3.38. The summed E-state index contributed by atoms with van der Waals surface area (Å²) in [7, 11) is 0. The Morgan fingerprint density at radius 1 is 1.11 bits per heavy atom. The lowest BCUT2D eigenvalue weighted by molar-refractivity contribution is 1.06. The second-order valence-electron chi connectivity index (χ2n) is 3.56. The summed E-state index contributed by atoms with van der Waals surface area (Å²) in [6, 6.07) is 15.2. The van der Waals surface area contributed by atoms with E-state index >= 15 is 0 Å². The second-order valence-corrected chi connectivity index (χ2v) is 4.48. The van der Waals surface area contributed by atoms with Crippen LogP contribution in [0.1, 0.15) is 5.69 Å². The predicted octanol–water partition coefficient (Wildman–Crippen LogP) is 3.67. The number of rotatable bonds is 2. The van der Waals surface area contributed by atoms with Crippen LogP contribution in [0.3, 0.4) is 0 Å². The van der Waals surface area contributed by atoms with Crippen LogP contribution in [0.2, 0.25) is 0 Å². The molecule has 0 aliphatic heterocycles. The summed E-state index contributed by atoms with van der Waals surface area (Å²) < 4.78 is 2.92. The average molecular weight is 298 g/mol. The monoisotopic (exact) mass is 297 g/mol. The fourth-order valence-electron chi connectivity index (χ4n) is 1.59. The van der Waals surface area contributed by atoms with Gasteiger partial charge in [0.15, 0.2) is 0 Å². The van der Waals surface area contributed by atoms with Crippen LogP contribution in [0.4, 0.5) is 0 Å². The van der Waals surface area contributed by atoms with Crippen molar-refractivity contribution in [3.63, 3.8) is 0 Å². The third-order valence-corrected chi connectivity index (χ3v) is 2.95. The third kappa shape index (κ3) is 2.51. The molecule has 3 nitrogen and oxygen atoms in total. The van der Waals surface area contributed by atoms with Crippen LogP contribution in [0.5, 0.6) is 0 Å². The lowest BCUT2D eigenvalue weighted by atomic mass is 10.2. The number of aromatic nitrogens is 1. The van der Waals surface area contributed by atoms with Gasteiger partial charge in [-0.1, -0.05) is 15.9 Å². The molecule has 0 N–H and O–H groups in total. The zero-order valence-corrected chi connectivity index (χ0v) is 10.9. The number of benzene rings is 1. The first kappa shape index (κ1) is 12.2. The summed E-state index contributed by atoms with van der Waals surface area (Å²) in [5.74, 6) is 0. The Labute approximate surface area is 113 Å². The molecule has 0 aliphatic carbocycles. The molecule has 1 aromatic heterocycles. The number of hydrogen-bond acceptors (Lipinski definition) is 2. The van der Waals surface area contributed by atoms with Crippen LogP contribution < -0.4 is 0 Å². The second kappa shape index (κ2) is 5.35. The first-order chi connectivity index (χ1) is 8.74. The van der Waals surface area contributed by atoms with Crippen LogP contribution in [0, 0.1) is 22.7 Å². The summed E-state index contributed by atoms with van der Waals surface area (Å²) in [4.78, 5) is 0. The number of nitrogens with zero attached hydrogens (tertiary/aromatic N) is 3. The number of allylic oxidation sites excluding steroid dienone is 1. The molecular formula is C14H8BrN3. The van der Waals surface area contributed by atoms with E-state index in [1.165, 1.54) is 0 Å². The van der Waals surface area contributed by atoms with Crippen molar-refractivity contribution in [3.05, 3.63) is 58.3 Å². The Balaban J connectivity index is 2.47. The van der Waals surface area contributed by atoms with Gasteiger partial charge in [0.1, 0.15) is 17.7 Å². The first-order valence-corrected chi connectivity index (χ1v) is 5.99. The van der Waals surface area contributed by atoms with E-state index < -0.39 is 0 Å². The fourth-order valence-corrected chi connectivity index (χ4v) is 1.85. The van der Waals surface area contributed by atoms with Gasteiger partial charge in [-0.3, -0.25) is 0 Å². The minimum absolute atomic E-state index is 0.0899. The molecule has 0 atom stereocenters. The van der Waals surface area contributed by atoms with Gasteiger partial charge in [0, 0.05) is 22.1 Å². The molecule has 0 saturated carbocycles. The largest absolute Gasteiger partial charge is 0.317 e. The van der Waals surface area contributed by atoms with Gasteiger partial charge in [-0.2, -0.15) is 10.5 Å². The topological polar surface area (TPSA) is 52.5 Å². The van der Waals surface area contributed by atoms with Gasteiger partial charge >= 0.3 is 0 Å². The molecule has 0 unspecified atom stereocenters. The summed E-state index contributed by atoms with van der Waals surface area (Å²) in [5, 5.41) is 17.5. The van der Waals surface area contributed by atoms with Crippen molar-refractivity contribution in [2.75, 3.05) is 0 Å². The van der Waals surface area contributed by atoms with E-state index in [1.54, 1.807) is 6.08 Å². The van der Waals surface area contributed by atoms with Crippen LogP contribution in [-0.4, -0.2) is 4.57 Å². The average Bonchev–Trinajstić information content (AvgIpc) is 2.85. The van der Waals surface area contributed by atoms with Gasteiger partial charge in [0.25, 0.3) is 0 Å². The Kier molecular flexibility index (Phi) is 3.62. The van der Waals surface area contributed by atoms with Crippen molar-refractivity contribution in [2.24, 2.45) is 0 Å². The first-order valence-electron chi connectivity index (χ1n) is 5.20. The zero-order chi connectivity index (χ0) is 13.0. The van der Waals surface area contributed by atoms with Crippen molar-refractivity contribution in [1.82, 2.24) is 4.57 Å². The highest BCUT2D eigenvalue weighted by Gasteiger charge is 2.02. The maximum atomic E-state index is 8.77. The molecule has 4 heteroatoms. The smallest absolute Gasteiger partial charge is 0.131 e. The third-order valence-electron chi connectivity index (χ3n) is 2.42. The number of halogens is 1. The molecule has 0 radical (unpaired) electrons. The zero-order valence-electron chi connectivity index (χ0n) is 9.34. The van der Waals surface area contributed by atoms with Gasteiger partial charge in [-0.25, -0.2) is 0 Å². The van der Waals surface area contributed by atoms with Gasteiger partial charge < -0.3 is 4.57 Å². The van der Waals surface area contributed by atoms with Crippen molar-refractivity contribution in [2.45, 2.75) is 0 Å². The quantitative estimate of drug-likeness (QED) is 0.794. The van der Waals surface area contributed by atoms with Crippen molar-refractivity contribution >= 4 is 22.0 Å².